The second-order valence-electron chi connectivity index (χ2n) is 7.39. The number of anilines is 1. The lowest BCUT2D eigenvalue weighted by atomic mass is 9.95. The zero-order chi connectivity index (χ0) is 19.5. The maximum Gasteiger partial charge on any atom is 0.120 e. The summed E-state index contributed by atoms with van der Waals surface area (Å²) < 4.78 is 13.7. The van der Waals surface area contributed by atoms with Gasteiger partial charge in [0.15, 0.2) is 0 Å². The number of rotatable bonds is 5. The van der Waals surface area contributed by atoms with Gasteiger partial charge in [0.05, 0.1) is 25.5 Å². The Morgan fingerprint density at radius 2 is 1.80 bits per heavy atom. The first kappa shape index (κ1) is 25.8. The van der Waals surface area contributed by atoms with Crippen LogP contribution in [-0.4, -0.2) is 51.3 Å². The molecule has 4 rings (SSSR count). The summed E-state index contributed by atoms with van der Waals surface area (Å²) in [4.78, 5) is 5.01. The van der Waals surface area contributed by atoms with Gasteiger partial charge in [-0.15, -0.1) is 24.8 Å². The highest BCUT2D eigenvalue weighted by molar-refractivity contribution is 9.10. The Morgan fingerprint density at radius 1 is 1.03 bits per heavy atom. The molecule has 0 amide bonds. The maximum atomic E-state index is 6.09. The van der Waals surface area contributed by atoms with Gasteiger partial charge in [-0.05, 0) is 70.2 Å². The van der Waals surface area contributed by atoms with Crippen molar-refractivity contribution in [1.82, 2.24) is 4.90 Å². The van der Waals surface area contributed by atoms with Crippen molar-refractivity contribution in [3.63, 3.8) is 0 Å². The van der Waals surface area contributed by atoms with Crippen LogP contribution in [0.1, 0.15) is 23.7 Å². The summed E-state index contributed by atoms with van der Waals surface area (Å²) in [5.74, 6) is 0.883. The summed E-state index contributed by atoms with van der Waals surface area (Å²) in [6.45, 7) is 6.15. The van der Waals surface area contributed by atoms with Gasteiger partial charge in [-0.3, -0.25) is 4.90 Å². The van der Waals surface area contributed by atoms with Crippen molar-refractivity contribution in [2.24, 2.45) is 0 Å². The van der Waals surface area contributed by atoms with Crippen LogP contribution in [0.3, 0.4) is 0 Å². The van der Waals surface area contributed by atoms with Crippen LogP contribution in [0.2, 0.25) is 0 Å². The third-order valence-electron chi connectivity index (χ3n) is 5.72. The van der Waals surface area contributed by atoms with E-state index >= 15 is 0 Å². The molecule has 166 valence electrons. The van der Waals surface area contributed by atoms with Crippen LogP contribution in [0.25, 0.3) is 0 Å². The lowest BCUT2D eigenvalue weighted by molar-refractivity contribution is 0.0289. The van der Waals surface area contributed by atoms with Crippen LogP contribution in [0, 0.1) is 0 Å². The minimum atomic E-state index is 0. The van der Waals surface area contributed by atoms with Gasteiger partial charge >= 0.3 is 0 Å². The van der Waals surface area contributed by atoms with Gasteiger partial charge < -0.3 is 14.4 Å². The molecule has 30 heavy (non-hydrogen) atoms. The number of ether oxygens (including phenoxy) is 2. The number of hydrogen-bond donors (Lipinski definition) is 0. The van der Waals surface area contributed by atoms with E-state index in [4.69, 9.17) is 9.47 Å². The summed E-state index contributed by atoms with van der Waals surface area (Å²) in [5, 5.41) is 0. The van der Waals surface area contributed by atoms with Crippen LogP contribution < -0.4 is 9.64 Å². The summed E-state index contributed by atoms with van der Waals surface area (Å²) in [7, 11) is 1.70. The lowest BCUT2D eigenvalue weighted by Crippen LogP contribution is -2.47. The Labute approximate surface area is 208 Å². The summed E-state index contributed by atoms with van der Waals surface area (Å²) >= 11 is 7.27. The number of methoxy groups -OCH3 is 1. The van der Waals surface area contributed by atoms with E-state index in [1.54, 1.807) is 7.11 Å². The Hall–Kier alpha value is -0.500. The van der Waals surface area contributed by atoms with Crippen LogP contribution in [0.5, 0.6) is 5.75 Å². The van der Waals surface area contributed by atoms with Crippen LogP contribution in [-0.2, 0) is 11.2 Å². The van der Waals surface area contributed by atoms with E-state index in [0.29, 0.717) is 0 Å². The fourth-order valence-electron chi connectivity index (χ4n) is 4.13. The number of hydrogen-bond acceptors (Lipinski definition) is 4. The third-order valence-corrected chi connectivity index (χ3v) is 6.85. The molecule has 4 nitrogen and oxygen atoms in total. The molecule has 0 radical (unpaired) electrons. The normalized spacial score (nSPS) is 18.8. The fourth-order valence-corrected chi connectivity index (χ4v) is 5.15. The molecule has 0 saturated carbocycles. The number of benzene rings is 2. The number of piperazine rings is 1. The van der Waals surface area contributed by atoms with E-state index in [1.807, 2.05) is 12.1 Å². The molecule has 8 heteroatoms. The average Bonchev–Trinajstić information content (AvgIpc) is 2.72. The first-order valence-corrected chi connectivity index (χ1v) is 11.4. The summed E-state index contributed by atoms with van der Waals surface area (Å²) in [6.07, 6.45) is 2.30. The van der Waals surface area contributed by atoms with Gasteiger partial charge in [0.2, 0.25) is 0 Å². The highest BCUT2D eigenvalue weighted by Gasteiger charge is 2.24. The monoisotopic (exact) mass is 580 g/mol. The lowest BCUT2D eigenvalue weighted by Gasteiger charge is -2.37. The van der Waals surface area contributed by atoms with Gasteiger partial charge in [0, 0.05) is 41.7 Å². The van der Waals surface area contributed by atoms with Gasteiger partial charge in [-0.2, -0.15) is 0 Å². The quantitative estimate of drug-likeness (QED) is 0.439. The summed E-state index contributed by atoms with van der Waals surface area (Å²) in [5.41, 5.74) is 4.05. The third kappa shape index (κ3) is 6.05. The van der Waals surface area contributed by atoms with Crippen molar-refractivity contribution in [3.05, 3.63) is 56.5 Å². The first-order chi connectivity index (χ1) is 13.6. The minimum Gasteiger partial charge on any atom is -0.497 e. The average molecular weight is 583 g/mol. The second-order valence-corrected chi connectivity index (χ2v) is 9.16. The van der Waals surface area contributed by atoms with E-state index in [-0.39, 0.29) is 30.9 Å². The summed E-state index contributed by atoms with van der Waals surface area (Å²) in [6, 6.07) is 12.8. The molecule has 0 N–H and O–H groups in total. The van der Waals surface area contributed by atoms with E-state index in [9.17, 15) is 0 Å². The first-order valence-electron chi connectivity index (χ1n) is 9.85. The second kappa shape index (κ2) is 11.9. The molecule has 2 aliphatic heterocycles. The molecule has 0 aliphatic carbocycles. The van der Waals surface area contributed by atoms with Crippen molar-refractivity contribution in [3.8, 4) is 5.75 Å². The zero-order valence-electron chi connectivity index (χ0n) is 17.0. The molecule has 0 spiro atoms. The van der Waals surface area contributed by atoms with Crippen molar-refractivity contribution in [2.75, 3.05) is 51.3 Å². The Kier molecular flexibility index (Phi) is 10.2. The van der Waals surface area contributed by atoms with Crippen LogP contribution >= 0.6 is 56.7 Å². The number of fused-ring (bicyclic) bond motifs is 1. The van der Waals surface area contributed by atoms with E-state index < -0.39 is 0 Å². The smallest absolute Gasteiger partial charge is 0.120 e. The topological polar surface area (TPSA) is 24.9 Å². The standard InChI is InChI=1S/C22H26Br2N2O2.2ClH/c1-27-18-3-5-21(20(24)15-18)26-11-9-25(10-12-26)8-6-22-19-4-2-17(23)14-16(19)7-13-28-22;;/h2-5,14-15,22H,6-13H2,1H3;2*1H. The molecule has 2 heterocycles. The van der Waals surface area contributed by atoms with E-state index in [0.717, 1.165) is 66.9 Å². The van der Waals surface area contributed by atoms with Crippen molar-refractivity contribution >= 4 is 62.4 Å². The SMILES string of the molecule is COc1ccc(N2CCN(CCC3OCCc4cc(Br)ccc43)CC2)c(Br)c1.Cl.Cl. The Balaban J connectivity index is 0.00000160. The molecule has 1 saturated heterocycles. The Bertz CT molecular complexity index is 833. The molecule has 1 fully saturated rings. The van der Waals surface area contributed by atoms with Gasteiger partial charge in [0.1, 0.15) is 5.75 Å². The zero-order valence-corrected chi connectivity index (χ0v) is 21.8. The number of halogens is 4. The predicted molar refractivity (Wildman–Crippen MR) is 135 cm³/mol. The molecule has 2 aromatic carbocycles. The molecule has 0 aromatic heterocycles. The van der Waals surface area contributed by atoms with Crippen molar-refractivity contribution in [2.45, 2.75) is 18.9 Å². The minimum absolute atomic E-state index is 0. The van der Waals surface area contributed by atoms with Crippen molar-refractivity contribution < 1.29 is 9.47 Å². The molecular formula is C22H28Br2Cl2N2O2. The van der Waals surface area contributed by atoms with Crippen LogP contribution in [0.15, 0.2) is 45.3 Å². The van der Waals surface area contributed by atoms with Gasteiger partial charge in [0.25, 0.3) is 0 Å². The van der Waals surface area contributed by atoms with Crippen LogP contribution in [0.4, 0.5) is 5.69 Å². The fraction of sp³-hybridized carbons (Fsp3) is 0.455. The molecule has 1 atom stereocenters. The van der Waals surface area contributed by atoms with Gasteiger partial charge in [-0.1, -0.05) is 22.0 Å². The molecule has 0 bridgehead atoms. The van der Waals surface area contributed by atoms with E-state index in [2.05, 4.69) is 65.9 Å². The molecule has 2 aliphatic rings. The highest BCUT2D eigenvalue weighted by Crippen LogP contribution is 2.33. The Morgan fingerprint density at radius 3 is 2.50 bits per heavy atom. The number of nitrogens with zero attached hydrogens (tertiary/aromatic N) is 2. The van der Waals surface area contributed by atoms with Crippen molar-refractivity contribution in [1.29, 1.82) is 0 Å². The molecule has 1 unspecified atom stereocenters. The largest absolute Gasteiger partial charge is 0.497 e. The highest BCUT2D eigenvalue weighted by atomic mass is 79.9. The molecule has 2 aromatic rings. The predicted octanol–water partition coefficient (Wildman–Crippen LogP) is 5.89. The van der Waals surface area contributed by atoms with E-state index in [1.165, 1.54) is 16.8 Å². The molecular weight excluding hydrogens is 555 g/mol. The van der Waals surface area contributed by atoms with Gasteiger partial charge in [-0.25, -0.2) is 0 Å². The maximum absolute atomic E-state index is 6.09.